The lowest BCUT2D eigenvalue weighted by atomic mass is 10.1. The number of hydrogen-bond acceptors (Lipinski definition) is 2. The number of benzene rings is 1. The van der Waals surface area contributed by atoms with Crippen LogP contribution in [0.25, 0.3) is 0 Å². The lowest BCUT2D eigenvalue weighted by molar-refractivity contribution is 0.422. The molecule has 1 aromatic carbocycles. The van der Waals surface area contributed by atoms with Gasteiger partial charge >= 0.3 is 0 Å². The largest absolute Gasteiger partial charge is 0.505 e. The molecule has 1 aliphatic rings. The van der Waals surface area contributed by atoms with Crippen LogP contribution in [0, 0.1) is 5.82 Å². The molecule has 0 amide bonds. The van der Waals surface area contributed by atoms with Crippen molar-refractivity contribution in [2.24, 2.45) is 5.73 Å². The van der Waals surface area contributed by atoms with Gasteiger partial charge in [-0.3, -0.25) is 0 Å². The first kappa shape index (κ1) is 7.55. The molecular formula is C9H10FNO. The average Bonchev–Trinajstić information content (AvgIpc) is 2.41. The molecule has 0 radical (unpaired) electrons. The van der Waals surface area contributed by atoms with Crippen LogP contribution in [-0.2, 0) is 6.42 Å². The standard InChI is InChI=1S/C9H10FNO/c10-6-3-1-5-2-4-7(11)8(5)9(6)12/h1,3,7,12H,2,4,11H2/t7-/m0/s1. The van der Waals surface area contributed by atoms with Crippen molar-refractivity contribution in [3.05, 3.63) is 29.1 Å². The van der Waals surface area contributed by atoms with Gasteiger partial charge in [-0.25, -0.2) is 4.39 Å². The van der Waals surface area contributed by atoms with Crippen LogP contribution in [0.15, 0.2) is 12.1 Å². The fourth-order valence-corrected chi connectivity index (χ4v) is 1.71. The van der Waals surface area contributed by atoms with Crippen molar-refractivity contribution in [1.82, 2.24) is 0 Å². The number of hydrogen-bond donors (Lipinski definition) is 2. The molecule has 1 aromatic rings. The zero-order chi connectivity index (χ0) is 8.72. The molecule has 2 rings (SSSR count). The van der Waals surface area contributed by atoms with Crippen LogP contribution in [0.2, 0.25) is 0 Å². The van der Waals surface area contributed by atoms with Crippen LogP contribution in [0.3, 0.4) is 0 Å². The van der Waals surface area contributed by atoms with Crippen LogP contribution < -0.4 is 5.73 Å². The molecule has 2 nitrogen and oxygen atoms in total. The third-order valence-corrected chi connectivity index (χ3v) is 2.35. The molecule has 1 aliphatic carbocycles. The van der Waals surface area contributed by atoms with E-state index in [2.05, 4.69) is 0 Å². The summed E-state index contributed by atoms with van der Waals surface area (Å²) in [6.07, 6.45) is 1.64. The molecule has 0 fully saturated rings. The topological polar surface area (TPSA) is 46.2 Å². The van der Waals surface area contributed by atoms with Gasteiger partial charge < -0.3 is 10.8 Å². The van der Waals surface area contributed by atoms with E-state index in [0.717, 1.165) is 18.4 Å². The molecule has 0 unspecified atom stereocenters. The van der Waals surface area contributed by atoms with Crippen LogP contribution in [0.5, 0.6) is 5.75 Å². The number of phenols is 1. The Bertz CT molecular complexity index is 325. The van der Waals surface area contributed by atoms with E-state index in [0.29, 0.717) is 5.56 Å². The van der Waals surface area contributed by atoms with E-state index in [1.54, 1.807) is 6.07 Å². The van der Waals surface area contributed by atoms with Gasteiger partial charge in [-0.05, 0) is 24.5 Å². The number of aromatic hydroxyl groups is 1. The molecule has 0 aliphatic heterocycles. The van der Waals surface area contributed by atoms with Gasteiger partial charge in [0.2, 0.25) is 0 Å². The van der Waals surface area contributed by atoms with Gasteiger partial charge in [-0.1, -0.05) is 6.07 Å². The predicted octanol–water partition coefficient (Wildman–Crippen LogP) is 1.48. The minimum atomic E-state index is -0.578. The Hall–Kier alpha value is -1.09. The quantitative estimate of drug-likeness (QED) is 0.614. The van der Waals surface area contributed by atoms with E-state index in [9.17, 15) is 9.50 Å². The van der Waals surface area contributed by atoms with E-state index >= 15 is 0 Å². The SMILES string of the molecule is N[C@H]1CCc2ccc(F)c(O)c21. The molecule has 3 N–H and O–H groups in total. The third kappa shape index (κ3) is 0.898. The second kappa shape index (κ2) is 2.45. The first-order valence-electron chi connectivity index (χ1n) is 3.96. The summed E-state index contributed by atoms with van der Waals surface area (Å²) >= 11 is 0. The minimum Gasteiger partial charge on any atom is -0.505 e. The van der Waals surface area contributed by atoms with Crippen molar-refractivity contribution < 1.29 is 9.50 Å². The summed E-state index contributed by atoms with van der Waals surface area (Å²) in [6.45, 7) is 0. The van der Waals surface area contributed by atoms with E-state index in [-0.39, 0.29) is 11.8 Å². The van der Waals surface area contributed by atoms with Crippen molar-refractivity contribution >= 4 is 0 Å². The van der Waals surface area contributed by atoms with Gasteiger partial charge in [0, 0.05) is 11.6 Å². The Morgan fingerprint density at radius 3 is 3.00 bits per heavy atom. The van der Waals surface area contributed by atoms with Crippen molar-refractivity contribution in [3.8, 4) is 5.75 Å². The van der Waals surface area contributed by atoms with Crippen molar-refractivity contribution in [2.45, 2.75) is 18.9 Å². The molecule has 0 aromatic heterocycles. The third-order valence-electron chi connectivity index (χ3n) is 2.35. The summed E-state index contributed by atoms with van der Waals surface area (Å²) in [4.78, 5) is 0. The van der Waals surface area contributed by atoms with Gasteiger partial charge in [0.25, 0.3) is 0 Å². The van der Waals surface area contributed by atoms with Crippen molar-refractivity contribution in [1.29, 1.82) is 0 Å². The predicted molar refractivity (Wildman–Crippen MR) is 43.3 cm³/mol. The van der Waals surface area contributed by atoms with Crippen molar-refractivity contribution in [3.63, 3.8) is 0 Å². The summed E-state index contributed by atoms with van der Waals surface area (Å²) in [5.74, 6) is -0.844. The second-order valence-corrected chi connectivity index (χ2v) is 3.11. The van der Waals surface area contributed by atoms with Gasteiger partial charge in [-0.15, -0.1) is 0 Å². The number of rotatable bonds is 0. The molecule has 0 saturated carbocycles. The van der Waals surface area contributed by atoms with E-state index in [4.69, 9.17) is 5.73 Å². The molecule has 64 valence electrons. The van der Waals surface area contributed by atoms with Gasteiger partial charge in [0.1, 0.15) is 0 Å². The Labute approximate surface area is 69.8 Å². The molecule has 0 spiro atoms. The van der Waals surface area contributed by atoms with Gasteiger partial charge in [0.05, 0.1) is 0 Å². The maximum Gasteiger partial charge on any atom is 0.165 e. The Balaban J connectivity index is 2.63. The van der Waals surface area contributed by atoms with Crippen LogP contribution in [-0.4, -0.2) is 5.11 Å². The fraction of sp³-hybridized carbons (Fsp3) is 0.333. The van der Waals surface area contributed by atoms with Crippen LogP contribution in [0.4, 0.5) is 4.39 Å². The summed E-state index contributed by atoms with van der Waals surface area (Å²) in [5.41, 5.74) is 7.26. The lowest BCUT2D eigenvalue weighted by Crippen LogP contribution is -2.05. The highest BCUT2D eigenvalue weighted by atomic mass is 19.1. The van der Waals surface area contributed by atoms with E-state index < -0.39 is 5.82 Å². The number of aryl methyl sites for hydroxylation is 1. The summed E-state index contributed by atoms with van der Waals surface area (Å²) in [5, 5.41) is 9.33. The maximum absolute atomic E-state index is 12.8. The molecule has 0 bridgehead atoms. The molecule has 0 heterocycles. The average molecular weight is 167 g/mol. The number of phenolic OH excluding ortho intramolecular Hbond substituents is 1. The monoisotopic (exact) mass is 167 g/mol. The molecular weight excluding hydrogens is 157 g/mol. The Morgan fingerprint density at radius 2 is 2.25 bits per heavy atom. The highest BCUT2D eigenvalue weighted by Crippen LogP contribution is 2.37. The Morgan fingerprint density at radius 1 is 1.50 bits per heavy atom. The highest BCUT2D eigenvalue weighted by molar-refractivity contribution is 5.45. The van der Waals surface area contributed by atoms with Crippen molar-refractivity contribution in [2.75, 3.05) is 0 Å². The first-order valence-corrected chi connectivity index (χ1v) is 3.96. The minimum absolute atomic E-state index is 0.198. The number of nitrogens with two attached hydrogens (primary N) is 1. The number of halogens is 1. The normalized spacial score (nSPS) is 21.0. The second-order valence-electron chi connectivity index (χ2n) is 3.11. The molecule has 3 heteroatoms. The molecule has 12 heavy (non-hydrogen) atoms. The van der Waals surface area contributed by atoms with Crippen LogP contribution >= 0.6 is 0 Å². The fourth-order valence-electron chi connectivity index (χ4n) is 1.71. The zero-order valence-electron chi connectivity index (χ0n) is 6.55. The zero-order valence-corrected chi connectivity index (χ0v) is 6.55. The molecule has 0 saturated heterocycles. The summed E-state index contributed by atoms with van der Waals surface area (Å²) in [6, 6.07) is 2.78. The lowest BCUT2D eigenvalue weighted by Gasteiger charge is -2.07. The summed E-state index contributed by atoms with van der Waals surface area (Å²) < 4.78 is 12.8. The first-order chi connectivity index (χ1) is 5.70. The Kier molecular flexibility index (Phi) is 1.54. The smallest absolute Gasteiger partial charge is 0.165 e. The number of fused-ring (bicyclic) bond motifs is 1. The van der Waals surface area contributed by atoms with E-state index in [1.807, 2.05) is 0 Å². The molecule has 1 atom stereocenters. The van der Waals surface area contributed by atoms with E-state index in [1.165, 1.54) is 6.07 Å². The van der Waals surface area contributed by atoms with Gasteiger partial charge in [-0.2, -0.15) is 0 Å². The van der Waals surface area contributed by atoms with Crippen LogP contribution in [0.1, 0.15) is 23.6 Å². The highest BCUT2D eigenvalue weighted by Gasteiger charge is 2.24. The van der Waals surface area contributed by atoms with Gasteiger partial charge in [0.15, 0.2) is 11.6 Å². The maximum atomic E-state index is 12.8. The summed E-state index contributed by atoms with van der Waals surface area (Å²) in [7, 11) is 0.